The zero-order chi connectivity index (χ0) is 31.1. The number of carbonyl (C=O) groups is 1. The summed E-state index contributed by atoms with van der Waals surface area (Å²) in [4.78, 5) is 12.9. The Kier molecular flexibility index (Phi) is 11.6. The highest BCUT2D eigenvalue weighted by molar-refractivity contribution is 5.86. The maximum atomic E-state index is 13.8. The first-order valence-corrected chi connectivity index (χ1v) is 14.8. The number of amides is 1. The molecule has 0 bridgehead atoms. The van der Waals surface area contributed by atoms with Gasteiger partial charge in [0.15, 0.2) is 11.6 Å². The highest BCUT2D eigenvalue weighted by Gasteiger charge is 2.53. The summed E-state index contributed by atoms with van der Waals surface area (Å²) in [5.74, 6) is -0.779. The Hall–Kier alpha value is -2.88. The third-order valence-corrected chi connectivity index (χ3v) is 8.13. The molecule has 10 heteroatoms. The van der Waals surface area contributed by atoms with Crippen molar-refractivity contribution in [3.63, 3.8) is 0 Å². The van der Waals surface area contributed by atoms with Crippen LogP contribution in [0.1, 0.15) is 89.2 Å². The monoisotopic (exact) mass is 598 g/mol. The third kappa shape index (κ3) is 8.82. The second kappa shape index (κ2) is 14.5. The molecule has 2 aromatic carbocycles. The number of ether oxygens (including phenoxy) is 1. The molecule has 1 aliphatic carbocycles. The maximum Gasteiger partial charge on any atom is 0.484 e. The Bertz CT molecular complexity index is 1170. The smallest absolute Gasteiger partial charge is 0.484 e. The Morgan fingerprint density at radius 2 is 1.76 bits per heavy atom. The number of halogens is 5. The molecule has 2 aliphatic rings. The van der Waals surface area contributed by atoms with E-state index in [1.54, 1.807) is 12.1 Å². The number of carbonyl (C=O) groups excluding carboxylic acids is 1. The maximum absolute atomic E-state index is 13.8. The fraction of sp³-hybridized carbons (Fsp3) is 0.594. The predicted octanol–water partition coefficient (Wildman–Crippen LogP) is 8.21. The van der Waals surface area contributed by atoms with Crippen LogP contribution in [0.3, 0.4) is 0 Å². The average Bonchev–Trinajstić information content (AvgIpc) is 3.79. The van der Waals surface area contributed by atoms with Gasteiger partial charge in [0.1, 0.15) is 11.4 Å². The van der Waals surface area contributed by atoms with Gasteiger partial charge in [-0.2, -0.15) is 13.2 Å². The van der Waals surface area contributed by atoms with E-state index in [4.69, 9.17) is 4.74 Å². The minimum absolute atomic E-state index is 0.0404. The van der Waals surface area contributed by atoms with Crippen molar-refractivity contribution in [1.29, 1.82) is 0 Å². The number of phenols is 1. The van der Waals surface area contributed by atoms with E-state index in [2.05, 4.69) is 26.1 Å². The number of phenolic OH excluding ortho intramolecular Hbond substituents is 1. The number of alkyl halides is 3. The summed E-state index contributed by atoms with van der Waals surface area (Å²) >= 11 is 0. The molecule has 5 nitrogen and oxygen atoms in total. The molecule has 4 rings (SSSR count). The number of hydrogen-bond donors (Lipinski definition) is 2. The SMILES string of the molecule is CC1CC[C@@](C(=O)NCc2cc(F)cc(N(C)C(F)(F)F)c2)(C2CC2)OC1.CCCC(CCC)c1ccc(F)c(O)c1. The van der Waals surface area contributed by atoms with Crippen LogP contribution in [0.15, 0.2) is 36.4 Å². The van der Waals surface area contributed by atoms with Gasteiger partial charge in [0.2, 0.25) is 0 Å². The molecule has 2 atom stereocenters. The van der Waals surface area contributed by atoms with Crippen molar-refractivity contribution in [2.45, 2.75) is 96.5 Å². The molecule has 1 amide bonds. The van der Waals surface area contributed by atoms with Crippen molar-refractivity contribution < 1.29 is 36.6 Å². The number of benzene rings is 2. The number of nitrogens with one attached hydrogen (secondary N) is 1. The minimum Gasteiger partial charge on any atom is -0.505 e. The van der Waals surface area contributed by atoms with Gasteiger partial charge < -0.3 is 15.2 Å². The van der Waals surface area contributed by atoms with E-state index >= 15 is 0 Å². The van der Waals surface area contributed by atoms with Gasteiger partial charge in [-0.3, -0.25) is 9.69 Å². The van der Waals surface area contributed by atoms with E-state index in [0.29, 0.717) is 24.9 Å². The van der Waals surface area contributed by atoms with Gasteiger partial charge in [-0.15, -0.1) is 0 Å². The molecule has 2 aromatic rings. The lowest BCUT2D eigenvalue weighted by molar-refractivity contribution is -0.162. The molecule has 2 N–H and O–H groups in total. The van der Waals surface area contributed by atoms with Gasteiger partial charge in [0.25, 0.3) is 5.91 Å². The van der Waals surface area contributed by atoms with Crippen LogP contribution in [-0.2, 0) is 16.1 Å². The molecule has 1 aliphatic heterocycles. The molecule has 1 heterocycles. The van der Waals surface area contributed by atoms with Crippen LogP contribution in [0.5, 0.6) is 5.75 Å². The van der Waals surface area contributed by atoms with E-state index < -0.39 is 23.5 Å². The summed E-state index contributed by atoms with van der Waals surface area (Å²) in [6, 6.07) is 7.86. The third-order valence-electron chi connectivity index (χ3n) is 8.13. The summed E-state index contributed by atoms with van der Waals surface area (Å²) in [5, 5.41) is 12.1. The van der Waals surface area contributed by atoms with Crippen molar-refractivity contribution in [3.05, 3.63) is 59.2 Å². The lowest BCUT2D eigenvalue weighted by Gasteiger charge is -2.38. The normalized spacial score (nSPS) is 20.6. The van der Waals surface area contributed by atoms with Crippen LogP contribution in [0.4, 0.5) is 27.6 Å². The van der Waals surface area contributed by atoms with Gasteiger partial charge in [0, 0.05) is 19.3 Å². The second-order valence-corrected chi connectivity index (χ2v) is 11.6. The van der Waals surface area contributed by atoms with Crippen LogP contribution in [0.2, 0.25) is 0 Å². The van der Waals surface area contributed by atoms with Crippen LogP contribution in [0, 0.1) is 23.5 Å². The lowest BCUT2D eigenvalue weighted by atomic mass is 9.84. The summed E-state index contributed by atoms with van der Waals surface area (Å²) < 4.78 is 71.2. The van der Waals surface area contributed by atoms with Crippen LogP contribution < -0.4 is 10.2 Å². The molecule has 1 unspecified atom stereocenters. The first-order valence-electron chi connectivity index (χ1n) is 14.8. The molecule has 1 saturated heterocycles. The van der Waals surface area contributed by atoms with Crippen molar-refractivity contribution in [1.82, 2.24) is 5.32 Å². The van der Waals surface area contributed by atoms with E-state index in [1.807, 2.05) is 0 Å². The first-order chi connectivity index (χ1) is 19.8. The summed E-state index contributed by atoms with van der Waals surface area (Å²) in [7, 11) is 0.830. The van der Waals surface area contributed by atoms with Crippen LogP contribution in [0.25, 0.3) is 0 Å². The van der Waals surface area contributed by atoms with Crippen molar-refractivity contribution in [2.75, 3.05) is 18.6 Å². The Morgan fingerprint density at radius 1 is 1.10 bits per heavy atom. The number of nitrogens with zero attached hydrogens (tertiary/aromatic N) is 1. The zero-order valence-electron chi connectivity index (χ0n) is 24.9. The Balaban J connectivity index is 0.000000274. The van der Waals surface area contributed by atoms with Crippen molar-refractivity contribution in [2.24, 2.45) is 11.8 Å². The van der Waals surface area contributed by atoms with Crippen LogP contribution >= 0.6 is 0 Å². The summed E-state index contributed by atoms with van der Waals surface area (Å²) in [6.45, 7) is 6.82. The Morgan fingerprint density at radius 3 is 2.29 bits per heavy atom. The summed E-state index contributed by atoms with van der Waals surface area (Å²) in [6.07, 6.45) is 3.20. The topological polar surface area (TPSA) is 61.8 Å². The molecular formula is C32H43F5N2O3. The zero-order valence-corrected chi connectivity index (χ0v) is 24.9. The fourth-order valence-corrected chi connectivity index (χ4v) is 5.51. The number of rotatable bonds is 10. The lowest BCUT2D eigenvalue weighted by Crippen LogP contribution is -2.53. The van der Waals surface area contributed by atoms with Gasteiger partial charge in [-0.1, -0.05) is 39.7 Å². The summed E-state index contributed by atoms with van der Waals surface area (Å²) in [5.41, 5.74) is 0.152. The molecule has 1 saturated carbocycles. The van der Waals surface area contributed by atoms with E-state index in [9.17, 15) is 31.9 Å². The number of aromatic hydroxyl groups is 1. The number of hydrogen-bond acceptors (Lipinski definition) is 4. The molecule has 0 spiro atoms. The second-order valence-electron chi connectivity index (χ2n) is 11.6. The molecule has 234 valence electrons. The number of anilines is 1. The minimum atomic E-state index is -4.61. The van der Waals surface area contributed by atoms with Crippen molar-refractivity contribution >= 4 is 11.6 Å². The average molecular weight is 599 g/mol. The standard InChI is InChI=1S/C19H24F4N2O2.C13H19FO/c1-12-5-6-18(27-11-12,14-3-4-14)17(26)24-10-13-7-15(20)9-16(8-13)25(2)19(21,22)23;1-3-5-10(6-4-2)11-7-8-12(14)13(15)9-11/h7-9,12,14H,3-6,10-11H2,1-2H3,(H,24,26);7-10,15H,3-6H2,1-2H3/t12?,18-;/m0./s1. The van der Waals surface area contributed by atoms with Crippen LogP contribution in [-0.4, -0.2) is 36.6 Å². The highest BCUT2D eigenvalue weighted by atomic mass is 19.4. The van der Waals surface area contributed by atoms with Gasteiger partial charge >= 0.3 is 6.30 Å². The van der Waals surface area contributed by atoms with E-state index in [0.717, 1.165) is 69.7 Å². The molecule has 0 radical (unpaired) electrons. The van der Waals surface area contributed by atoms with Gasteiger partial charge in [0.05, 0.1) is 6.61 Å². The van der Waals surface area contributed by atoms with E-state index in [1.165, 1.54) is 12.1 Å². The first kappa shape index (κ1) is 33.6. The quantitative estimate of drug-likeness (QED) is 0.214. The van der Waals surface area contributed by atoms with Gasteiger partial charge in [-0.25, -0.2) is 8.78 Å². The highest BCUT2D eigenvalue weighted by Crippen LogP contribution is 2.47. The molecule has 42 heavy (non-hydrogen) atoms. The molecular weight excluding hydrogens is 555 g/mol. The molecule has 0 aromatic heterocycles. The van der Waals surface area contributed by atoms with Gasteiger partial charge in [-0.05, 0) is 97.7 Å². The Labute approximate surface area is 245 Å². The largest absolute Gasteiger partial charge is 0.505 e. The fourth-order valence-electron chi connectivity index (χ4n) is 5.51. The van der Waals surface area contributed by atoms with Crippen molar-refractivity contribution in [3.8, 4) is 5.75 Å². The predicted molar refractivity (Wildman–Crippen MR) is 153 cm³/mol. The molecule has 2 fully saturated rings. The van der Waals surface area contributed by atoms with E-state index in [-0.39, 0.29) is 40.3 Å².